The van der Waals surface area contributed by atoms with E-state index in [9.17, 15) is 19.7 Å². The average molecular weight is 522 g/mol. The number of nitrogens with one attached hydrogen (secondary N) is 1. The number of nitrogens with zero attached hydrogens (tertiary/aromatic N) is 2. The summed E-state index contributed by atoms with van der Waals surface area (Å²) in [6.07, 6.45) is -0.392. The Hall–Kier alpha value is -3.98. The van der Waals surface area contributed by atoms with E-state index < -0.39 is 28.9 Å². The van der Waals surface area contributed by atoms with E-state index in [0.717, 1.165) is 5.56 Å². The molecule has 9 heteroatoms. The molecule has 0 saturated carbocycles. The molecule has 2 aromatic carbocycles. The van der Waals surface area contributed by atoms with Gasteiger partial charge >= 0.3 is 11.9 Å². The van der Waals surface area contributed by atoms with E-state index in [1.54, 1.807) is 33.8 Å². The van der Waals surface area contributed by atoms with Gasteiger partial charge in [-0.15, -0.1) is 0 Å². The van der Waals surface area contributed by atoms with Gasteiger partial charge in [-0.05, 0) is 52.8 Å². The predicted molar refractivity (Wildman–Crippen MR) is 144 cm³/mol. The van der Waals surface area contributed by atoms with Crippen molar-refractivity contribution in [1.29, 1.82) is 0 Å². The Morgan fingerprint density at radius 2 is 1.63 bits per heavy atom. The molecule has 202 valence electrons. The molecular formula is C29H35N3O6. The van der Waals surface area contributed by atoms with Gasteiger partial charge in [-0.3, -0.25) is 15.0 Å². The van der Waals surface area contributed by atoms with Crippen LogP contribution in [0.25, 0.3) is 0 Å². The fraction of sp³-hybridized carbons (Fsp3) is 0.379. The number of nitro groups is 1. The maximum absolute atomic E-state index is 13.5. The van der Waals surface area contributed by atoms with Crippen LogP contribution in [0.15, 0.2) is 77.1 Å². The molecule has 1 aliphatic heterocycles. The Morgan fingerprint density at radius 1 is 1.00 bits per heavy atom. The number of allylic oxidation sites excluding steroid dienone is 2. The van der Waals surface area contributed by atoms with E-state index in [1.165, 1.54) is 18.2 Å². The smallest absolute Gasteiger partial charge is 0.337 e. The number of dihydropyridines is 1. The van der Waals surface area contributed by atoms with Gasteiger partial charge in [0.25, 0.3) is 5.69 Å². The molecule has 0 aliphatic carbocycles. The Labute approximate surface area is 223 Å². The van der Waals surface area contributed by atoms with Crippen LogP contribution >= 0.6 is 0 Å². The number of hydrogen-bond acceptors (Lipinski definition) is 8. The van der Waals surface area contributed by atoms with Gasteiger partial charge in [-0.2, -0.15) is 0 Å². The standard InChI is InChI=1S/C29H35N3O6/c1-18(2)38-29(34)26-21(5)30-20(4)25(27(26)23-13-10-14-24(15-23)32(35)36)28(33)37-17-19(3)31(6)16-22-11-8-7-9-12-22/h7-15,18-19,27,30H,16-17H2,1-6H3. The number of carbonyl (C=O) groups is 2. The SMILES string of the molecule is CC1=C(C(=O)OCC(C)N(C)Cc2ccccc2)C(c2cccc([N+](=O)[O-])c2)C(C(=O)OC(C)C)=C(C)N1. The lowest BCUT2D eigenvalue weighted by atomic mass is 9.80. The molecule has 1 heterocycles. The van der Waals surface area contributed by atoms with Crippen LogP contribution in [0.2, 0.25) is 0 Å². The number of hydrogen-bond donors (Lipinski definition) is 1. The summed E-state index contributed by atoms with van der Waals surface area (Å²) >= 11 is 0. The van der Waals surface area contributed by atoms with Crippen molar-refractivity contribution in [3.05, 3.63) is 98.4 Å². The molecule has 1 aliphatic rings. The maximum Gasteiger partial charge on any atom is 0.337 e. The summed E-state index contributed by atoms with van der Waals surface area (Å²) in [6.45, 7) is 9.67. The monoisotopic (exact) mass is 521 g/mol. The molecule has 0 spiro atoms. The first-order valence-corrected chi connectivity index (χ1v) is 12.5. The predicted octanol–water partition coefficient (Wildman–Crippen LogP) is 4.84. The highest BCUT2D eigenvalue weighted by Gasteiger charge is 2.39. The third kappa shape index (κ3) is 6.86. The van der Waals surface area contributed by atoms with E-state index in [4.69, 9.17) is 9.47 Å². The minimum Gasteiger partial charge on any atom is -0.461 e. The van der Waals surface area contributed by atoms with Crippen LogP contribution in [0, 0.1) is 10.1 Å². The number of likely N-dealkylation sites (N-methyl/N-ethyl adjacent to an activating group) is 1. The van der Waals surface area contributed by atoms with Gasteiger partial charge in [-0.25, -0.2) is 9.59 Å². The number of nitro benzene ring substituents is 1. The lowest BCUT2D eigenvalue weighted by molar-refractivity contribution is -0.384. The van der Waals surface area contributed by atoms with Crippen LogP contribution in [0.3, 0.4) is 0 Å². The number of esters is 2. The number of ether oxygens (including phenoxy) is 2. The Morgan fingerprint density at radius 3 is 2.24 bits per heavy atom. The third-order valence-corrected chi connectivity index (χ3v) is 6.44. The Kier molecular flexibility index (Phi) is 9.41. The molecule has 0 radical (unpaired) electrons. The van der Waals surface area contributed by atoms with Gasteiger partial charge in [0.2, 0.25) is 0 Å². The van der Waals surface area contributed by atoms with Crippen LogP contribution in [0.5, 0.6) is 0 Å². The second-order valence-electron chi connectivity index (χ2n) is 9.79. The first-order valence-electron chi connectivity index (χ1n) is 12.5. The fourth-order valence-corrected chi connectivity index (χ4v) is 4.39. The van der Waals surface area contributed by atoms with E-state index in [2.05, 4.69) is 10.2 Å². The molecule has 38 heavy (non-hydrogen) atoms. The van der Waals surface area contributed by atoms with Crippen LogP contribution < -0.4 is 5.32 Å². The molecular weight excluding hydrogens is 486 g/mol. The fourth-order valence-electron chi connectivity index (χ4n) is 4.39. The summed E-state index contributed by atoms with van der Waals surface area (Å²) in [6, 6.07) is 15.8. The second kappa shape index (κ2) is 12.5. The quantitative estimate of drug-likeness (QED) is 0.269. The molecule has 0 aromatic heterocycles. The van der Waals surface area contributed by atoms with E-state index in [1.807, 2.05) is 44.3 Å². The minimum atomic E-state index is -0.896. The highest BCUT2D eigenvalue weighted by Crippen LogP contribution is 2.40. The summed E-state index contributed by atoms with van der Waals surface area (Å²) < 4.78 is 11.2. The van der Waals surface area contributed by atoms with Crippen molar-refractivity contribution in [1.82, 2.24) is 10.2 Å². The lowest BCUT2D eigenvalue weighted by Crippen LogP contribution is -2.36. The van der Waals surface area contributed by atoms with Crippen molar-refractivity contribution >= 4 is 17.6 Å². The van der Waals surface area contributed by atoms with Crippen molar-refractivity contribution in [3.63, 3.8) is 0 Å². The molecule has 1 N–H and O–H groups in total. The van der Waals surface area contributed by atoms with Crippen molar-refractivity contribution in [2.24, 2.45) is 0 Å². The molecule has 2 unspecified atom stereocenters. The zero-order valence-electron chi connectivity index (χ0n) is 22.7. The van der Waals surface area contributed by atoms with Crippen molar-refractivity contribution in [3.8, 4) is 0 Å². The first kappa shape index (κ1) is 28.6. The molecule has 2 atom stereocenters. The van der Waals surface area contributed by atoms with Gasteiger partial charge in [0.15, 0.2) is 0 Å². The molecule has 2 aromatic rings. The van der Waals surface area contributed by atoms with Crippen LogP contribution in [0.4, 0.5) is 5.69 Å². The van der Waals surface area contributed by atoms with Gasteiger partial charge in [0, 0.05) is 36.1 Å². The van der Waals surface area contributed by atoms with Crippen LogP contribution in [-0.2, 0) is 25.6 Å². The molecule has 9 nitrogen and oxygen atoms in total. The number of carbonyl (C=O) groups excluding carboxylic acids is 2. The molecule has 0 saturated heterocycles. The second-order valence-corrected chi connectivity index (χ2v) is 9.79. The third-order valence-electron chi connectivity index (χ3n) is 6.44. The van der Waals surface area contributed by atoms with E-state index >= 15 is 0 Å². The summed E-state index contributed by atoms with van der Waals surface area (Å²) in [4.78, 5) is 39.8. The normalized spacial score (nSPS) is 16.4. The summed E-state index contributed by atoms with van der Waals surface area (Å²) in [5.41, 5.74) is 2.87. The number of rotatable bonds is 10. The summed E-state index contributed by atoms with van der Waals surface area (Å²) in [5.74, 6) is -2.10. The van der Waals surface area contributed by atoms with Gasteiger partial charge in [0.05, 0.1) is 28.1 Å². The van der Waals surface area contributed by atoms with E-state index in [0.29, 0.717) is 23.5 Å². The van der Waals surface area contributed by atoms with E-state index in [-0.39, 0.29) is 29.5 Å². The van der Waals surface area contributed by atoms with Crippen LogP contribution in [0.1, 0.15) is 51.7 Å². The maximum atomic E-state index is 13.5. The van der Waals surface area contributed by atoms with Crippen molar-refractivity contribution in [2.75, 3.05) is 13.7 Å². The zero-order chi connectivity index (χ0) is 28.0. The number of benzene rings is 2. The highest BCUT2D eigenvalue weighted by molar-refractivity contribution is 6.00. The summed E-state index contributed by atoms with van der Waals surface area (Å²) in [7, 11) is 1.95. The van der Waals surface area contributed by atoms with Gasteiger partial charge in [0.1, 0.15) is 6.61 Å². The average Bonchev–Trinajstić information content (AvgIpc) is 2.86. The molecule has 3 rings (SSSR count). The molecule has 0 bridgehead atoms. The molecule has 0 fully saturated rings. The van der Waals surface area contributed by atoms with Crippen molar-refractivity contribution in [2.45, 2.75) is 59.2 Å². The molecule has 0 amide bonds. The van der Waals surface area contributed by atoms with Gasteiger partial charge < -0.3 is 14.8 Å². The van der Waals surface area contributed by atoms with Crippen LogP contribution in [-0.4, -0.2) is 47.6 Å². The number of non-ortho nitro benzene ring substituents is 1. The van der Waals surface area contributed by atoms with Crippen molar-refractivity contribution < 1.29 is 24.0 Å². The Balaban J connectivity index is 1.90. The topological polar surface area (TPSA) is 111 Å². The highest BCUT2D eigenvalue weighted by atomic mass is 16.6. The van der Waals surface area contributed by atoms with Gasteiger partial charge in [-0.1, -0.05) is 42.5 Å². The largest absolute Gasteiger partial charge is 0.461 e. The summed E-state index contributed by atoms with van der Waals surface area (Å²) in [5, 5.41) is 14.6. The lowest BCUT2D eigenvalue weighted by Gasteiger charge is -2.31. The first-order chi connectivity index (χ1) is 18.0. The zero-order valence-corrected chi connectivity index (χ0v) is 22.7. The Bertz CT molecular complexity index is 1250. The minimum absolute atomic E-state index is 0.0875.